The van der Waals surface area contributed by atoms with Gasteiger partial charge in [0, 0.05) is 5.69 Å². The van der Waals surface area contributed by atoms with E-state index in [4.69, 9.17) is 4.84 Å². The van der Waals surface area contributed by atoms with Crippen LogP contribution in [0.4, 0.5) is 0 Å². The SMILES string of the molecule is Cc1cc(C(=O)ON2C(=O)c3ccccc3C2=O)nn1-c1ccccc1. The molecular formula is C19H13N3O4. The Morgan fingerprint density at radius 1 is 0.923 bits per heavy atom. The third kappa shape index (κ3) is 2.46. The van der Waals surface area contributed by atoms with Crippen LogP contribution in [0.5, 0.6) is 0 Å². The van der Waals surface area contributed by atoms with Gasteiger partial charge in [-0.15, -0.1) is 0 Å². The van der Waals surface area contributed by atoms with Crippen LogP contribution in [0.3, 0.4) is 0 Å². The van der Waals surface area contributed by atoms with E-state index in [0.717, 1.165) is 5.69 Å². The predicted molar refractivity (Wildman–Crippen MR) is 90.7 cm³/mol. The Morgan fingerprint density at radius 2 is 1.50 bits per heavy atom. The summed E-state index contributed by atoms with van der Waals surface area (Å²) < 4.78 is 1.58. The van der Waals surface area contributed by atoms with E-state index in [0.29, 0.717) is 10.8 Å². The normalized spacial score (nSPS) is 13.0. The maximum Gasteiger partial charge on any atom is 0.384 e. The van der Waals surface area contributed by atoms with E-state index >= 15 is 0 Å². The van der Waals surface area contributed by atoms with E-state index in [1.54, 1.807) is 23.7 Å². The zero-order chi connectivity index (χ0) is 18.3. The van der Waals surface area contributed by atoms with Crippen molar-refractivity contribution in [3.05, 3.63) is 83.2 Å². The molecule has 128 valence electrons. The van der Waals surface area contributed by atoms with Crippen LogP contribution in [0.15, 0.2) is 60.7 Å². The highest BCUT2D eigenvalue weighted by Gasteiger charge is 2.39. The number of carbonyl (C=O) groups excluding carboxylic acids is 3. The third-order valence-corrected chi connectivity index (χ3v) is 4.03. The number of aryl methyl sites for hydroxylation is 1. The van der Waals surface area contributed by atoms with Crippen LogP contribution in [0.25, 0.3) is 5.69 Å². The van der Waals surface area contributed by atoms with Gasteiger partial charge in [-0.25, -0.2) is 9.48 Å². The summed E-state index contributed by atoms with van der Waals surface area (Å²) >= 11 is 0. The molecule has 2 aromatic carbocycles. The number of para-hydroxylation sites is 1. The van der Waals surface area contributed by atoms with E-state index < -0.39 is 17.8 Å². The first-order valence-corrected chi connectivity index (χ1v) is 7.88. The molecule has 0 N–H and O–H groups in total. The summed E-state index contributed by atoms with van der Waals surface area (Å²) in [6, 6.07) is 17.1. The van der Waals surface area contributed by atoms with Crippen molar-refractivity contribution in [2.24, 2.45) is 0 Å². The van der Waals surface area contributed by atoms with E-state index in [1.807, 2.05) is 30.3 Å². The summed E-state index contributed by atoms with van der Waals surface area (Å²) in [5.74, 6) is -2.21. The Kier molecular flexibility index (Phi) is 3.62. The molecule has 2 amide bonds. The van der Waals surface area contributed by atoms with Gasteiger partial charge in [0.05, 0.1) is 16.8 Å². The van der Waals surface area contributed by atoms with Crippen molar-refractivity contribution in [1.82, 2.24) is 14.8 Å². The highest BCUT2D eigenvalue weighted by molar-refractivity contribution is 6.21. The number of amides is 2. The number of benzene rings is 2. The van der Waals surface area contributed by atoms with Crippen LogP contribution in [0.1, 0.15) is 36.9 Å². The van der Waals surface area contributed by atoms with Crippen LogP contribution < -0.4 is 0 Å². The van der Waals surface area contributed by atoms with Gasteiger partial charge >= 0.3 is 5.97 Å². The topological polar surface area (TPSA) is 81.5 Å². The number of nitrogens with zero attached hydrogens (tertiary/aromatic N) is 3. The molecule has 7 nitrogen and oxygen atoms in total. The second-order valence-electron chi connectivity index (χ2n) is 5.75. The lowest BCUT2D eigenvalue weighted by molar-refractivity contribution is -0.0588. The Morgan fingerprint density at radius 3 is 2.12 bits per heavy atom. The van der Waals surface area contributed by atoms with Gasteiger partial charge in [-0.2, -0.15) is 5.10 Å². The van der Waals surface area contributed by atoms with Gasteiger partial charge < -0.3 is 4.84 Å². The molecule has 0 bridgehead atoms. The first-order chi connectivity index (χ1) is 12.6. The average Bonchev–Trinajstić information content (AvgIpc) is 3.17. The monoisotopic (exact) mass is 347 g/mol. The summed E-state index contributed by atoms with van der Waals surface area (Å²) in [7, 11) is 0. The van der Waals surface area contributed by atoms with Gasteiger partial charge in [0.1, 0.15) is 0 Å². The number of fused-ring (bicyclic) bond motifs is 1. The molecule has 1 aliphatic heterocycles. The van der Waals surface area contributed by atoms with E-state index in [1.165, 1.54) is 18.2 Å². The molecule has 4 rings (SSSR count). The van der Waals surface area contributed by atoms with Crippen LogP contribution in [0.2, 0.25) is 0 Å². The van der Waals surface area contributed by atoms with Crippen molar-refractivity contribution >= 4 is 17.8 Å². The Labute approximate surface area is 148 Å². The number of hydrogen-bond acceptors (Lipinski definition) is 5. The molecule has 26 heavy (non-hydrogen) atoms. The molecule has 7 heteroatoms. The molecule has 0 spiro atoms. The van der Waals surface area contributed by atoms with Crippen LogP contribution in [-0.4, -0.2) is 32.6 Å². The van der Waals surface area contributed by atoms with Crippen LogP contribution in [0, 0.1) is 6.92 Å². The minimum absolute atomic E-state index is 0.00269. The molecule has 0 saturated carbocycles. The molecule has 0 saturated heterocycles. The lowest BCUT2D eigenvalue weighted by Crippen LogP contribution is -2.32. The predicted octanol–water partition coefficient (Wildman–Crippen LogP) is 2.55. The van der Waals surface area contributed by atoms with Crippen molar-refractivity contribution < 1.29 is 19.2 Å². The minimum atomic E-state index is -0.878. The summed E-state index contributed by atoms with van der Waals surface area (Å²) in [4.78, 5) is 42.0. The fourth-order valence-electron chi connectivity index (χ4n) is 2.78. The average molecular weight is 347 g/mol. The van der Waals surface area contributed by atoms with E-state index in [9.17, 15) is 14.4 Å². The molecule has 1 aromatic heterocycles. The molecule has 3 aromatic rings. The molecule has 2 heterocycles. The molecule has 0 aliphatic carbocycles. The molecular weight excluding hydrogens is 334 g/mol. The first-order valence-electron chi connectivity index (χ1n) is 7.88. The number of hydroxylamine groups is 2. The van der Waals surface area contributed by atoms with E-state index in [-0.39, 0.29) is 16.8 Å². The fraction of sp³-hybridized carbons (Fsp3) is 0.0526. The number of carbonyl (C=O) groups is 3. The fourth-order valence-corrected chi connectivity index (χ4v) is 2.78. The third-order valence-electron chi connectivity index (χ3n) is 4.03. The Bertz CT molecular complexity index is 1000. The number of imide groups is 1. The highest BCUT2D eigenvalue weighted by Crippen LogP contribution is 2.23. The van der Waals surface area contributed by atoms with Gasteiger partial charge in [0.25, 0.3) is 11.8 Å². The summed E-state index contributed by atoms with van der Waals surface area (Å²) in [6.07, 6.45) is 0. The van der Waals surface area contributed by atoms with Crippen molar-refractivity contribution in [2.75, 3.05) is 0 Å². The minimum Gasteiger partial charge on any atom is -0.322 e. The maximum atomic E-state index is 12.4. The quantitative estimate of drug-likeness (QED) is 0.680. The van der Waals surface area contributed by atoms with Gasteiger partial charge in [-0.05, 0) is 37.3 Å². The van der Waals surface area contributed by atoms with Crippen molar-refractivity contribution in [3.63, 3.8) is 0 Å². The van der Waals surface area contributed by atoms with Crippen molar-refractivity contribution in [1.29, 1.82) is 0 Å². The van der Waals surface area contributed by atoms with E-state index in [2.05, 4.69) is 5.10 Å². The highest BCUT2D eigenvalue weighted by atomic mass is 16.7. The number of rotatable bonds is 3. The molecule has 0 unspecified atom stereocenters. The molecule has 0 radical (unpaired) electrons. The maximum absolute atomic E-state index is 12.4. The summed E-state index contributed by atoms with van der Waals surface area (Å²) in [5.41, 5.74) is 1.91. The second-order valence-corrected chi connectivity index (χ2v) is 5.75. The molecule has 1 aliphatic rings. The van der Waals surface area contributed by atoms with Gasteiger partial charge in [0.15, 0.2) is 5.69 Å². The first kappa shape index (κ1) is 15.8. The zero-order valence-corrected chi connectivity index (χ0v) is 13.7. The largest absolute Gasteiger partial charge is 0.384 e. The Balaban J connectivity index is 1.59. The standard InChI is InChI=1S/C19H13N3O4/c1-12-11-16(20-21(12)13-7-3-2-4-8-13)19(25)26-22-17(23)14-9-5-6-10-15(14)18(22)24/h2-11H,1H3. The van der Waals surface area contributed by atoms with Gasteiger partial charge in [-0.3, -0.25) is 9.59 Å². The van der Waals surface area contributed by atoms with Crippen LogP contribution in [-0.2, 0) is 4.84 Å². The van der Waals surface area contributed by atoms with Gasteiger partial charge in [0.2, 0.25) is 0 Å². The number of aromatic nitrogens is 2. The molecule has 0 atom stereocenters. The van der Waals surface area contributed by atoms with Crippen molar-refractivity contribution in [2.45, 2.75) is 6.92 Å². The summed E-state index contributed by atoms with van der Waals surface area (Å²) in [6.45, 7) is 1.79. The van der Waals surface area contributed by atoms with Gasteiger partial charge in [-0.1, -0.05) is 35.4 Å². The zero-order valence-electron chi connectivity index (χ0n) is 13.7. The number of hydrogen-bond donors (Lipinski definition) is 0. The Hall–Kier alpha value is -3.74. The smallest absolute Gasteiger partial charge is 0.322 e. The second kappa shape index (κ2) is 5.96. The lowest BCUT2D eigenvalue weighted by atomic mass is 10.1. The van der Waals surface area contributed by atoms with Crippen LogP contribution >= 0.6 is 0 Å². The summed E-state index contributed by atoms with van der Waals surface area (Å²) in [5, 5.41) is 4.69. The van der Waals surface area contributed by atoms with Crippen molar-refractivity contribution in [3.8, 4) is 5.69 Å². The molecule has 0 fully saturated rings. The lowest BCUT2D eigenvalue weighted by Gasteiger charge is -2.11.